The first-order valence-corrected chi connectivity index (χ1v) is 9.63. The molecule has 0 unspecified atom stereocenters. The normalized spacial score (nSPS) is 11.2. The minimum Gasteiger partial charge on any atom is -0.455 e. The van der Waals surface area contributed by atoms with Gasteiger partial charge in [0.05, 0.1) is 17.6 Å². The maximum atomic E-state index is 11.8. The van der Waals surface area contributed by atoms with Crippen LogP contribution in [0, 0.1) is 0 Å². The smallest absolute Gasteiger partial charge is 0.301 e. The third kappa shape index (κ3) is 4.96. The SMILES string of the molecule is CN(C)S(=O)(=O)Nc1ccc(Nc2ccccc2Oc2ccccc2)nc1. The van der Waals surface area contributed by atoms with E-state index < -0.39 is 10.2 Å². The van der Waals surface area contributed by atoms with E-state index in [0.717, 1.165) is 15.7 Å². The number of rotatable bonds is 7. The molecule has 0 saturated heterocycles. The van der Waals surface area contributed by atoms with Gasteiger partial charge < -0.3 is 10.1 Å². The van der Waals surface area contributed by atoms with Crippen molar-refractivity contribution in [1.82, 2.24) is 9.29 Å². The van der Waals surface area contributed by atoms with Crippen molar-refractivity contribution in [2.45, 2.75) is 0 Å². The Morgan fingerprint density at radius 1 is 0.926 bits per heavy atom. The molecule has 2 N–H and O–H groups in total. The molecule has 0 amide bonds. The van der Waals surface area contributed by atoms with Gasteiger partial charge in [-0.15, -0.1) is 0 Å². The molecule has 0 spiro atoms. The number of nitrogens with zero attached hydrogens (tertiary/aromatic N) is 2. The second-order valence-electron chi connectivity index (χ2n) is 5.86. The van der Waals surface area contributed by atoms with E-state index in [4.69, 9.17) is 4.74 Å². The van der Waals surface area contributed by atoms with Gasteiger partial charge >= 0.3 is 10.2 Å². The second-order valence-corrected chi connectivity index (χ2v) is 7.74. The van der Waals surface area contributed by atoms with Crippen LogP contribution in [0.15, 0.2) is 72.9 Å². The Hall–Kier alpha value is -3.10. The number of hydrogen-bond donors (Lipinski definition) is 2. The van der Waals surface area contributed by atoms with Gasteiger partial charge in [-0.25, -0.2) is 4.98 Å². The number of nitrogens with one attached hydrogen (secondary N) is 2. The molecule has 2 aromatic carbocycles. The topological polar surface area (TPSA) is 83.6 Å². The lowest BCUT2D eigenvalue weighted by atomic mass is 10.2. The Bertz CT molecular complexity index is 991. The number of anilines is 3. The summed E-state index contributed by atoms with van der Waals surface area (Å²) in [4.78, 5) is 4.25. The summed E-state index contributed by atoms with van der Waals surface area (Å²) in [6, 6.07) is 20.3. The van der Waals surface area contributed by atoms with Crippen molar-refractivity contribution in [2.75, 3.05) is 24.1 Å². The lowest BCUT2D eigenvalue weighted by Gasteiger charge is -2.14. The zero-order valence-corrected chi connectivity index (χ0v) is 15.8. The van der Waals surface area contributed by atoms with Crippen LogP contribution in [0.2, 0.25) is 0 Å². The van der Waals surface area contributed by atoms with Gasteiger partial charge in [0.25, 0.3) is 0 Å². The average molecular weight is 384 g/mol. The Balaban J connectivity index is 1.74. The number of benzene rings is 2. The molecule has 7 nitrogen and oxygen atoms in total. The number of para-hydroxylation sites is 3. The van der Waals surface area contributed by atoms with E-state index in [1.807, 2.05) is 54.6 Å². The van der Waals surface area contributed by atoms with Crippen LogP contribution in [0.1, 0.15) is 0 Å². The first kappa shape index (κ1) is 18.7. The van der Waals surface area contributed by atoms with Crippen molar-refractivity contribution >= 4 is 27.4 Å². The van der Waals surface area contributed by atoms with Gasteiger partial charge in [-0.2, -0.15) is 12.7 Å². The van der Waals surface area contributed by atoms with Crippen LogP contribution < -0.4 is 14.8 Å². The van der Waals surface area contributed by atoms with Gasteiger partial charge in [-0.1, -0.05) is 30.3 Å². The van der Waals surface area contributed by atoms with Crippen molar-refractivity contribution in [3.8, 4) is 11.5 Å². The van der Waals surface area contributed by atoms with Crippen molar-refractivity contribution in [1.29, 1.82) is 0 Å². The summed E-state index contributed by atoms with van der Waals surface area (Å²) in [6.07, 6.45) is 1.45. The van der Waals surface area contributed by atoms with Crippen LogP contribution in [0.5, 0.6) is 11.5 Å². The Labute approximate surface area is 158 Å². The van der Waals surface area contributed by atoms with Crippen LogP contribution >= 0.6 is 0 Å². The van der Waals surface area contributed by atoms with E-state index in [1.54, 1.807) is 12.1 Å². The predicted molar refractivity (Wildman–Crippen MR) is 107 cm³/mol. The molecule has 3 aromatic rings. The van der Waals surface area contributed by atoms with E-state index in [-0.39, 0.29) is 0 Å². The molecule has 0 aliphatic rings. The Morgan fingerprint density at radius 2 is 1.63 bits per heavy atom. The fourth-order valence-corrected chi connectivity index (χ4v) is 2.78. The molecule has 0 fully saturated rings. The van der Waals surface area contributed by atoms with Gasteiger partial charge in [0.1, 0.15) is 11.6 Å². The molecule has 27 heavy (non-hydrogen) atoms. The van der Waals surface area contributed by atoms with E-state index >= 15 is 0 Å². The van der Waals surface area contributed by atoms with Crippen LogP contribution in [0.3, 0.4) is 0 Å². The fourth-order valence-electron chi connectivity index (χ4n) is 2.18. The summed E-state index contributed by atoms with van der Waals surface area (Å²) in [6.45, 7) is 0. The molecule has 140 valence electrons. The van der Waals surface area contributed by atoms with Crippen LogP contribution in [0.4, 0.5) is 17.2 Å². The molecular weight excluding hydrogens is 364 g/mol. The number of hydrogen-bond acceptors (Lipinski definition) is 5. The van der Waals surface area contributed by atoms with Crippen LogP contribution in [-0.2, 0) is 10.2 Å². The number of aromatic nitrogens is 1. The minimum atomic E-state index is -3.56. The third-order valence-corrected chi connectivity index (χ3v) is 5.07. The summed E-state index contributed by atoms with van der Waals surface area (Å²) >= 11 is 0. The van der Waals surface area contributed by atoms with Gasteiger partial charge in [-0.05, 0) is 36.4 Å². The lowest BCUT2D eigenvalue weighted by molar-refractivity contribution is 0.485. The monoisotopic (exact) mass is 384 g/mol. The quantitative estimate of drug-likeness (QED) is 0.647. The zero-order valence-electron chi connectivity index (χ0n) is 15.0. The summed E-state index contributed by atoms with van der Waals surface area (Å²) in [5, 5.41) is 3.18. The number of pyridine rings is 1. The lowest BCUT2D eigenvalue weighted by Crippen LogP contribution is -2.28. The fraction of sp³-hybridized carbons (Fsp3) is 0.105. The molecule has 1 aromatic heterocycles. The van der Waals surface area contributed by atoms with E-state index in [9.17, 15) is 8.42 Å². The maximum absolute atomic E-state index is 11.8. The molecule has 0 atom stereocenters. The molecule has 3 rings (SSSR count). The second kappa shape index (κ2) is 8.07. The molecule has 0 bridgehead atoms. The predicted octanol–water partition coefficient (Wildman–Crippen LogP) is 3.84. The maximum Gasteiger partial charge on any atom is 0.301 e. The van der Waals surface area contributed by atoms with Crippen molar-refractivity contribution in [2.24, 2.45) is 0 Å². The van der Waals surface area contributed by atoms with E-state index in [0.29, 0.717) is 17.3 Å². The summed E-state index contributed by atoms with van der Waals surface area (Å²) < 4.78 is 33.1. The molecule has 0 aliphatic carbocycles. The van der Waals surface area contributed by atoms with Gasteiger partial charge in [0.2, 0.25) is 0 Å². The summed E-state index contributed by atoms with van der Waals surface area (Å²) in [5.74, 6) is 1.95. The zero-order chi connectivity index (χ0) is 19.3. The first-order valence-electron chi connectivity index (χ1n) is 8.19. The van der Waals surface area contributed by atoms with Crippen LogP contribution in [-0.4, -0.2) is 31.8 Å². The molecule has 0 saturated carbocycles. The molecular formula is C19H20N4O3S. The molecule has 1 heterocycles. The molecule has 0 aliphatic heterocycles. The average Bonchev–Trinajstić information content (AvgIpc) is 2.65. The van der Waals surface area contributed by atoms with Gasteiger partial charge in [-0.3, -0.25) is 4.72 Å². The molecule has 8 heteroatoms. The van der Waals surface area contributed by atoms with E-state index in [1.165, 1.54) is 20.3 Å². The van der Waals surface area contributed by atoms with E-state index in [2.05, 4.69) is 15.0 Å². The third-order valence-electron chi connectivity index (χ3n) is 3.61. The Kier molecular flexibility index (Phi) is 5.58. The van der Waals surface area contributed by atoms with Crippen molar-refractivity contribution in [3.05, 3.63) is 72.9 Å². The highest BCUT2D eigenvalue weighted by Crippen LogP contribution is 2.31. The highest BCUT2D eigenvalue weighted by Gasteiger charge is 2.13. The summed E-state index contributed by atoms with van der Waals surface area (Å²) in [7, 11) is -0.654. The summed E-state index contributed by atoms with van der Waals surface area (Å²) in [5.41, 5.74) is 1.12. The van der Waals surface area contributed by atoms with Crippen molar-refractivity contribution in [3.63, 3.8) is 0 Å². The van der Waals surface area contributed by atoms with Gasteiger partial charge in [0, 0.05) is 14.1 Å². The highest BCUT2D eigenvalue weighted by molar-refractivity contribution is 7.90. The van der Waals surface area contributed by atoms with Crippen molar-refractivity contribution < 1.29 is 13.2 Å². The number of ether oxygens (including phenoxy) is 1. The molecule has 0 radical (unpaired) electrons. The van der Waals surface area contributed by atoms with Gasteiger partial charge in [0.15, 0.2) is 5.75 Å². The highest BCUT2D eigenvalue weighted by atomic mass is 32.2. The van der Waals surface area contributed by atoms with Crippen LogP contribution in [0.25, 0.3) is 0 Å². The minimum absolute atomic E-state index is 0.378. The Morgan fingerprint density at radius 3 is 2.30 bits per heavy atom. The standard InChI is InChI=1S/C19H20N4O3S/c1-23(2)27(24,25)22-15-12-13-19(20-14-15)21-17-10-6-7-11-18(17)26-16-8-4-3-5-9-16/h3-14,22H,1-2H3,(H,20,21). The largest absolute Gasteiger partial charge is 0.455 e. The first-order chi connectivity index (χ1) is 12.9.